The zero-order valence-corrected chi connectivity index (χ0v) is 8.74. The van der Waals surface area contributed by atoms with Gasteiger partial charge in [0.15, 0.2) is 0 Å². The molecular formula is C9H14F2N4. The van der Waals surface area contributed by atoms with Crippen molar-refractivity contribution in [1.82, 2.24) is 9.97 Å². The van der Waals surface area contributed by atoms with Gasteiger partial charge >= 0.3 is 0 Å². The number of aromatic nitrogens is 2. The molecule has 0 saturated carbocycles. The van der Waals surface area contributed by atoms with E-state index in [4.69, 9.17) is 5.73 Å². The molecule has 0 aliphatic rings. The fourth-order valence-electron chi connectivity index (χ4n) is 1.38. The Morgan fingerprint density at radius 3 is 2.67 bits per heavy atom. The van der Waals surface area contributed by atoms with Crippen LogP contribution < -0.4 is 10.6 Å². The average molecular weight is 216 g/mol. The van der Waals surface area contributed by atoms with Crippen LogP contribution in [-0.4, -0.2) is 30.0 Å². The molecule has 15 heavy (non-hydrogen) atoms. The second-order valence-corrected chi connectivity index (χ2v) is 3.19. The molecule has 1 rings (SSSR count). The summed E-state index contributed by atoms with van der Waals surface area (Å²) in [5.41, 5.74) is 6.34. The molecule has 0 unspecified atom stereocenters. The van der Waals surface area contributed by atoms with Gasteiger partial charge in [-0.3, -0.25) is 0 Å². The lowest BCUT2D eigenvalue weighted by molar-refractivity contribution is 0.156. The normalized spacial score (nSPS) is 10.7. The highest BCUT2D eigenvalue weighted by Crippen LogP contribution is 2.21. The van der Waals surface area contributed by atoms with Crippen molar-refractivity contribution in [1.29, 1.82) is 0 Å². The summed E-state index contributed by atoms with van der Waals surface area (Å²) in [7, 11) is 1.56. The third kappa shape index (κ3) is 2.74. The van der Waals surface area contributed by atoms with Crippen LogP contribution in [0.2, 0.25) is 0 Å². The van der Waals surface area contributed by atoms with Gasteiger partial charge in [-0.05, 0) is 6.42 Å². The number of nitrogen functional groups attached to an aromatic ring is 1. The Morgan fingerprint density at radius 1 is 1.47 bits per heavy atom. The Balaban J connectivity index is 2.97. The van der Waals surface area contributed by atoms with E-state index in [0.29, 0.717) is 23.6 Å². The standard InChI is InChI=1S/C9H14F2N4/c1-3-6-8(12)13-5-14-9(6)15(2)4-7(10)11/h5,7H,3-4H2,1-2H3,(H2,12,13,14). The summed E-state index contributed by atoms with van der Waals surface area (Å²) in [6.07, 6.45) is -0.489. The number of rotatable bonds is 4. The highest BCUT2D eigenvalue weighted by molar-refractivity contribution is 5.56. The Bertz CT molecular complexity index is 330. The number of anilines is 2. The maximum atomic E-state index is 12.2. The largest absolute Gasteiger partial charge is 0.383 e. The Hall–Kier alpha value is -1.46. The number of hydrogen-bond acceptors (Lipinski definition) is 4. The van der Waals surface area contributed by atoms with E-state index in [0.717, 1.165) is 0 Å². The minimum atomic E-state index is -2.39. The molecule has 0 aliphatic heterocycles. The number of nitrogens with two attached hydrogens (primary N) is 1. The van der Waals surface area contributed by atoms with Crippen molar-refractivity contribution in [3.05, 3.63) is 11.9 Å². The molecule has 0 bridgehead atoms. The third-order valence-corrected chi connectivity index (χ3v) is 2.08. The van der Waals surface area contributed by atoms with Crippen molar-refractivity contribution in [2.45, 2.75) is 19.8 Å². The summed E-state index contributed by atoms with van der Waals surface area (Å²) in [5.74, 6) is 0.828. The minimum Gasteiger partial charge on any atom is -0.383 e. The van der Waals surface area contributed by atoms with Gasteiger partial charge in [-0.15, -0.1) is 0 Å². The fourth-order valence-corrected chi connectivity index (χ4v) is 1.38. The second kappa shape index (κ2) is 4.86. The quantitative estimate of drug-likeness (QED) is 0.824. The zero-order valence-electron chi connectivity index (χ0n) is 8.74. The monoisotopic (exact) mass is 216 g/mol. The molecule has 4 nitrogen and oxygen atoms in total. The van der Waals surface area contributed by atoms with E-state index in [1.54, 1.807) is 7.05 Å². The van der Waals surface area contributed by atoms with Gasteiger partial charge in [-0.25, -0.2) is 18.7 Å². The molecule has 0 aliphatic carbocycles. The lowest BCUT2D eigenvalue weighted by atomic mass is 10.2. The number of alkyl halides is 2. The summed E-state index contributed by atoms with van der Waals surface area (Å²) in [5, 5.41) is 0. The zero-order chi connectivity index (χ0) is 11.4. The lowest BCUT2D eigenvalue weighted by Gasteiger charge is -2.20. The highest BCUT2D eigenvalue weighted by Gasteiger charge is 2.14. The van der Waals surface area contributed by atoms with Gasteiger partial charge in [0.2, 0.25) is 0 Å². The van der Waals surface area contributed by atoms with Crippen LogP contribution in [0.5, 0.6) is 0 Å². The van der Waals surface area contributed by atoms with E-state index >= 15 is 0 Å². The number of halogens is 2. The van der Waals surface area contributed by atoms with Crippen LogP contribution in [0.25, 0.3) is 0 Å². The molecule has 0 spiro atoms. The first-order valence-electron chi connectivity index (χ1n) is 4.64. The summed E-state index contributed by atoms with van der Waals surface area (Å²) < 4.78 is 24.4. The SMILES string of the molecule is CCc1c(N)ncnc1N(C)CC(F)F. The van der Waals surface area contributed by atoms with E-state index < -0.39 is 6.43 Å². The Labute approximate surface area is 87.1 Å². The van der Waals surface area contributed by atoms with E-state index in [2.05, 4.69) is 9.97 Å². The van der Waals surface area contributed by atoms with Gasteiger partial charge < -0.3 is 10.6 Å². The molecule has 1 aromatic rings. The van der Waals surface area contributed by atoms with Crippen LogP contribution in [0.1, 0.15) is 12.5 Å². The molecule has 1 aromatic heterocycles. The molecule has 6 heteroatoms. The van der Waals surface area contributed by atoms with Crippen LogP contribution in [-0.2, 0) is 6.42 Å². The van der Waals surface area contributed by atoms with Crippen LogP contribution in [0.4, 0.5) is 20.4 Å². The second-order valence-electron chi connectivity index (χ2n) is 3.19. The van der Waals surface area contributed by atoms with Crippen LogP contribution in [0.15, 0.2) is 6.33 Å². The number of nitrogens with zero attached hydrogens (tertiary/aromatic N) is 3. The van der Waals surface area contributed by atoms with Crippen LogP contribution in [0, 0.1) is 0 Å². The summed E-state index contributed by atoms with van der Waals surface area (Å²) in [6.45, 7) is 1.53. The molecule has 0 radical (unpaired) electrons. The van der Waals surface area contributed by atoms with Gasteiger partial charge in [0.25, 0.3) is 6.43 Å². The minimum absolute atomic E-state index is 0.351. The molecule has 2 N–H and O–H groups in total. The number of hydrogen-bond donors (Lipinski definition) is 1. The van der Waals surface area contributed by atoms with Gasteiger partial charge in [0, 0.05) is 12.6 Å². The average Bonchev–Trinajstić information content (AvgIpc) is 2.16. The molecule has 84 valence electrons. The Morgan fingerprint density at radius 2 is 2.13 bits per heavy atom. The van der Waals surface area contributed by atoms with E-state index in [1.807, 2.05) is 6.92 Å². The van der Waals surface area contributed by atoms with Crippen LogP contribution in [0.3, 0.4) is 0 Å². The van der Waals surface area contributed by atoms with E-state index in [-0.39, 0.29) is 6.54 Å². The topological polar surface area (TPSA) is 55.0 Å². The van der Waals surface area contributed by atoms with Gasteiger partial charge in [0.05, 0.1) is 6.54 Å². The maximum Gasteiger partial charge on any atom is 0.255 e. The summed E-state index contributed by atoms with van der Waals surface area (Å²) >= 11 is 0. The van der Waals surface area contributed by atoms with Gasteiger partial charge in [-0.1, -0.05) is 6.92 Å². The van der Waals surface area contributed by atoms with Crippen molar-refractivity contribution in [3.8, 4) is 0 Å². The Kier molecular flexibility index (Phi) is 3.76. The smallest absolute Gasteiger partial charge is 0.255 e. The maximum absolute atomic E-state index is 12.2. The van der Waals surface area contributed by atoms with Crippen LogP contribution >= 0.6 is 0 Å². The first kappa shape index (κ1) is 11.6. The lowest BCUT2D eigenvalue weighted by Crippen LogP contribution is -2.26. The third-order valence-electron chi connectivity index (χ3n) is 2.08. The van der Waals surface area contributed by atoms with E-state index in [1.165, 1.54) is 11.2 Å². The van der Waals surface area contributed by atoms with Gasteiger partial charge in [-0.2, -0.15) is 0 Å². The molecule has 0 fully saturated rings. The van der Waals surface area contributed by atoms with E-state index in [9.17, 15) is 8.78 Å². The van der Waals surface area contributed by atoms with Crippen molar-refractivity contribution in [3.63, 3.8) is 0 Å². The molecule has 0 amide bonds. The molecular weight excluding hydrogens is 202 g/mol. The predicted molar refractivity (Wildman–Crippen MR) is 55.1 cm³/mol. The molecule has 0 saturated heterocycles. The summed E-state index contributed by atoms with van der Waals surface area (Å²) in [6, 6.07) is 0. The fraction of sp³-hybridized carbons (Fsp3) is 0.556. The van der Waals surface area contributed by atoms with Crippen molar-refractivity contribution >= 4 is 11.6 Å². The van der Waals surface area contributed by atoms with Crippen molar-refractivity contribution in [2.75, 3.05) is 24.2 Å². The molecule has 1 heterocycles. The first-order valence-corrected chi connectivity index (χ1v) is 4.64. The molecule has 0 atom stereocenters. The first-order chi connectivity index (χ1) is 7.06. The predicted octanol–water partition coefficient (Wildman–Crippen LogP) is 1.32. The van der Waals surface area contributed by atoms with Gasteiger partial charge in [0.1, 0.15) is 18.0 Å². The molecule has 0 aromatic carbocycles. The summed E-state index contributed by atoms with van der Waals surface area (Å²) in [4.78, 5) is 9.18. The van der Waals surface area contributed by atoms with Crippen molar-refractivity contribution < 1.29 is 8.78 Å². The highest BCUT2D eigenvalue weighted by atomic mass is 19.3. The van der Waals surface area contributed by atoms with Crippen molar-refractivity contribution in [2.24, 2.45) is 0 Å².